The Balaban J connectivity index is 1.81. The Hall–Kier alpha value is -3.93. The first-order valence-electron chi connectivity index (χ1n) is 11.0. The van der Waals surface area contributed by atoms with Gasteiger partial charge in [-0.25, -0.2) is 22.8 Å². The van der Waals surface area contributed by atoms with Crippen molar-refractivity contribution in [2.45, 2.75) is 31.3 Å². The number of halogens is 1. The van der Waals surface area contributed by atoms with Gasteiger partial charge < -0.3 is 9.47 Å². The highest BCUT2D eigenvalue weighted by molar-refractivity contribution is 7.91. The summed E-state index contributed by atoms with van der Waals surface area (Å²) >= 11 is 0. The standard InChI is InChI=1S/C24H25FN6O4S/c1-15-8-9-26-18(10-15)24-30-29-22(31(24)23-19(34-3)6-5-7-20(23)35-4)14-36(32,33)16(2)11-21-27-12-17(25)13-28-21/h5-10,12-13,16H,11,14H2,1-4H3/t16-/m1/s1. The number of sulfone groups is 1. The zero-order chi connectivity index (χ0) is 25.9. The zero-order valence-corrected chi connectivity index (χ0v) is 21.0. The molecule has 4 aromatic rings. The van der Waals surface area contributed by atoms with E-state index in [1.54, 1.807) is 35.9 Å². The Morgan fingerprint density at radius 2 is 1.69 bits per heavy atom. The van der Waals surface area contributed by atoms with Crippen molar-refractivity contribution in [3.05, 3.63) is 72.0 Å². The highest BCUT2D eigenvalue weighted by Crippen LogP contribution is 2.36. The number of para-hydroxylation sites is 1. The molecule has 1 atom stereocenters. The number of nitrogens with zero attached hydrogens (tertiary/aromatic N) is 6. The third-order valence-corrected chi connectivity index (χ3v) is 7.64. The first-order chi connectivity index (χ1) is 17.2. The third-order valence-electron chi connectivity index (χ3n) is 5.59. The lowest BCUT2D eigenvalue weighted by molar-refractivity contribution is 0.390. The lowest BCUT2D eigenvalue weighted by Crippen LogP contribution is -2.24. The lowest BCUT2D eigenvalue weighted by atomic mass is 10.2. The Labute approximate surface area is 208 Å². The van der Waals surface area contributed by atoms with Gasteiger partial charge in [0, 0.05) is 12.6 Å². The summed E-state index contributed by atoms with van der Waals surface area (Å²) in [7, 11) is -0.751. The highest BCUT2D eigenvalue weighted by Gasteiger charge is 2.29. The zero-order valence-electron chi connectivity index (χ0n) is 20.2. The number of rotatable bonds is 9. The van der Waals surface area contributed by atoms with Crippen LogP contribution in [0.1, 0.15) is 24.1 Å². The van der Waals surface area contributed by atoms with Crippen LogP contribution in [-0.4, -0.2) is 57.6 Å². The summed E-state index contributed by atoms with van der Waals surface area (Å²) in [6, 6.07) is 8.90. The Bertz CT molecular complexity index is 1450. The van der Waals surface area contributed by atoms with Gasteiger partial charge in [0.1, 0.15) is 34.5 Å². The Morgan fingerprint density at radius 1 is 1.03 bits per heavy atom. The van der Waals surface area contributed by atoms with E-state index in [9.17, 15) is 12.8 Å². The topological polar surface area (TPSA) is 122 Å². The van der Waals surface area contributed by atoms with E-state index >= 15 is 0 Å². The molecule has 10 nitrogen and oxygen atoms in total. The van der Waals surface area contributed by atoms with E-state index in [2.05, 4.69) is 25.1 Å². The van der Waals surface area contributed by atoms with E-state index in [0.29, 0.717) is 28.7 Å². The highest BCUT2D eigenvalue weighted by atomic mass is 32.2. The summed E-state index contributed by atoms with van der Waals surface area (Å²) in [5.74, 6) is 0.568. The van der Waals surface area contributed by atoms with Crippen LogP contribution in [0.15, 0.2) is 48.9 Å². The second kappa shape index (κ2) is 10.4. The van der Waals surface area contributed by atoms with E-state index in [4.69, 9.17) is 9.47 Å². The molecule has 3 heterocycles. The first-order valence-corrected chi connectivity index (χ1v) is 12.7. The van der Waals surface area contributed by atoms with Crippen molar-refractivity contribution < 1.29 is 22.3 Å². The second-order valence-corrected chi connectivity index (χ2v) is 10.6. The summed E-state index contributed by atoms with van der Waals surface area (Å²) < 4.78 is 52.6. The summed E-state index contributed by atoms with van der Waals surface area (Å²) in [6.45, 7) is 3.47. The Morgan fingerprint density at radius 3 is 2.31 bits per heavy atom. The molecule has 4 rings (SSSR count). The maximum absolute atomic E-state index is 13.4. The summed E-state index contributed by atoms with van der Waals surface area (Å²) in [6.07, 6.45) is 3.67. The fraction of sp³-hybridized carbons (Fsp3) is 0.292. The smallest absolute Gasteiger partial charge is 0.187 e. The molecule has 0 fully saturated rings. The van der Waals surface area contributed by atoms with Gasteiger partial charge in [-0.05, 0) is 43.7 Å². The molecule has 0 radical (unpaired) electrons. The van der Waals surface area contributed by atoms with Gasteiger partial charge in [-0.1, -0.05) is 6.07 Å². The monoisotopic (exact) mass is 512 g/mol. The molecule has 0 aliphatic rings. The molecule has 0 saturated heterocycles. The maximum atomic E-state index is 13.4. The summed E-state index contributed by atoms with van der Waals surface area (Å²) in [5, 5.41) is 7.67. The fourth-order valence-electron chi connectivity index (χ4n) is 3.67. The van der Waals surface area contributed by atoms with Crippen LogP contribution in [-0.2, 0) is 22.0 Å². The molecular formula is C24H25FN6O4S. The van der Waals surface area contributed by atoms with Crippen LogP contribution >= 0.6 is 0 Å². The van der Waals surface area contributed by atoms with Crippen molar-refractivity contribution in [2.75, 3.05) is 14.2 Å². The molecule has 0 aliphatic heterocycles. The average Bonchev–Trinajstić information content (AvgIpc) is 3.27. The SMILES string of the molecule is COc1cccc(OC)c1-n1c(CS(=O)(=O)[C@H](C)Cc2ncc(F)cn2)nnc1-c1cc(C)ccn1. The number of benzene rings is 1. The number of pyridine rings is 1. The molecule has 0 unspecified atom stereocenters. The van der Waals surface area contributed by atoms with E-state index in [1.807, 2.05) is 19.1 Å². The predicted octanol–water partition coefficient (Wildman–Crippen LogP) is 3.13. The lowest BCUT2D eigenvalue weighted by Gasteiger charge is -2.18. The summed E-state index contributed by atoms with van der Waals surface area (Å²) in [4.78, 5) is 12.2. The molecule has 0 amide bonds. The predicted molar refractivity (Wildman–Crippen MR) is 130 cm³/mol. The second-order valence-electron chi connectivity index (χ2n) is 8.14. The van der Waals surface area contributed by atoms with E-state index in [-0.39, 0.29) is 18.1 Å². The van der Waals surface area contributed by atoms with Crippen molar-refractivity contribution in [3.63, 3.8) is 0 Å². The van der Waals surface area contributed by atoms with Crippen LogP contribution in [0.2, 0.25) is 0 Å². The van der Waals surface area contributed by atoms with Gasteiger partial charge in [-0.2, -0.15) is 0 Å². The van der Waals surface area contributed by atoms with Crippen molar-refractivity contribution in [2.24, 2.45) is 0 Å². The van der Waals surface area contributed by atoms with E-state index < -0.39 is 26.7 Å². The molecule has 0 aliphatic carbocycles. The van der Waals surface area contributed by atoms with Crippen molar-refractivity contribution >= 4 is 9.84 Å². The van der Waals surface area contributed by atoms with Crippen molar-refractivity contribution in [1.82, 2.24) is 29.7 Å². The average molecular weight is 513 g/mol. The summed E-state index contributed by atoms with van der Waals surface area (Å²) in [5.41, 5.74) is 1.90. The van der Waals surface area contributed by atoms with Crippen LogP contribution in [0.5, 0.6) is 11.5 Å². The molecule has 188 valence electrons. The number of aryl methyl sites for hydroxylation is 1. The number of methoxy groups -OCH3 is 2. The molecule has 0 bridgehead atoms. The fourth-order valence-corrected chi connectivity index (χ4v) is 4.91. The van der Waals surface area contributed by atoms with Gasteiger partial charge in [0.2, 0.25) is 0 Å². The first kappa shape index (κ1) is 25.2. The molecule has 0 spiro atoms. The van der Waals surface area contributed by atoms with Crippen LogP contribution in [0, 0.1) is 12.7 Å². The third kappa shape index (κ3) is 5.18. The van der Waals surface area contributed by atoms with Crippen molar-refractivity contribution in [1.29, 1.82) is 0 Å². The molecule has 0 N–H and O–H groups in total. The Kier molecular flexibility index (Phi) is 7.25. The minimum absolute atomic E-state index is 0.0149. The number of hydrogen-bond acceptors (Lipinski definition) is 9. The molecule has 0 saturated carbocycles. The minimum atomic E-state index is -3.77. The molecular weight excluding hydrogens is 487 g/mol. The van der Waals surface area contributed by atoms with Crippen LogP contribution in [0.25, 0.3) is 17.2 Å². The van der Waals surface area contributed by atoms with Crippen LogP contribution < -0.4 is 9.47 Å². The number of hydrogen-bond donors (Lipinski definition) is 0. The number of aromatic nitrogens is 6. The van der Waals surface area contributed by atoms with Gasteiger partial charge >= 0.3 is 0 Å². The largest absolute Gasteiger partial charge is 0.494 e. The number of ether oxygens (including phenoxy) is 2. The molecule has 1 aromatic carbocycles. The quantitative estimate of drug-likeness (QED) is 0.333. The molecule has 12 heteroatoms. The van der Waals surface area contributed by atoms with Gasteiger partial charge in [-0.15, -0.1) is 10.2 Å². The molecule has 36 heavy (non-hydrogen) atoms. The van der Waals surface area contributed by atoms with Gasteiger partial charge in [0.05, 0.1) is 31.9 Å². The maximum Gasteiger partial charge on any atom is 0.187 e. The van der Waals surface area contributed by atoms with Crippen molar-refractivity contribution in [3.8, 4) is 28.7 Å². The van der Waals surface area contributed by atoms with E-state index in [1.165, 1.54) is 14.2 Å². The van der Waals surface area contributed by atoms with Gasteiger partial charge in [0.15, 0.2) is 27.3 Å². The van der Waals surface area contributed by atoms with Crippen LogP contribution in [0.3, 0.4) is 0 Å². The van der Waals surface area contributed by atoms with Gasteiger partial charge in [-0.3, -0.25) is 9.55 Å². The van der Waals surface area contributed by atoms with E-state index in [0.717, 1.165) is 18.0 Å². The normalized spacial score (nSPS) is 12.4. The minimum Gasteiger partial charge on any atom is -0.494 e. The van der Waals surface area contributed by atoms with Crippen LogP contribution in [0.4, 0.5) is 4.39 Å². The molecule has 3 aromatic heterocycles. The van der Waals surface area contributed by atoms with Gasteiger partial charge in [0.25, 0.3) is 0 Å².